The zero-order chi connectivity index (χ0) is 14.5. The summed E-state index contributed by atoms with van der Waals surface area (Å²) < 4.78 is 5.59. The molecule has 1 aromatic rings. The second-order valence-corrected chi connectivity index (χ2v) is 5.88. The number of aryl methyl sites for hydroxylation is 1. The molecule has 0 saturated carbocycles. The first-order valence-corrected chi connectivity index (χ1v) is 7.59. The molecule has 110 valence electrons. The van der Waals surface area contributed by atoms with Crippen LogP contribution in [0.5, 0.6) is 0 Å². The molecule has 0 spiro atoms. The van der Waals surface area contributed by atoms with Gasteiger partial charge in [-0.25, -0.2) is 0 Å². The van der Waals surface area contributed by atoms with E-state index in [-0.39, 0.29) is 5.91 Å². The monoisotopic (exact) mass is 295 g/mol. The van der Waals surface area contributed by atoms with Gasteiger partial charge in [-0.2, -0.15) is 0 Å². The maximum atomic E-state index is 12.3. The third kappa shape index (κ3) is 3.97. The van der Waals surface area contributed by atoms with Gasteiger partial charge in [0.25, 0.3) is 5.91 Å². The van der Waals surface area contributed by atoms with Crippen LogP contribution in [0.4, 0.5) is 0 Å². The second-order valence-electron chi connectivity index (χ2n) is 5.47. The van der Waals surface area contributed by atoms with Gasteiger partial charge in [-0.3, -0.25) is 4.79 Å². The minimum atomic E-state index is 0.0529. The molecular weight excluding hydrogens is 274 g/mol. The average Bonchev–Trinajstić information content (AvgIpc) is 2.94. The van der Waals surface area contributed by atoms with Gasteiger partial charge >= 0.3 is 0 Å². The molecule has 1 aromatic carbocycles. The smallest absolute Gasteiger partial charge is 0.253 e. The summed E-state index contributed by atoms with van der Waals surface area (Å²) >= 11 is 5.98. The van der Waals surface area contributed by atoms with E-state index in [4.69, 9.17) is 16.3 Å². The van der Waals surface area contributed by atoms with Crippen molar-refractivity contribution in [3.8, 4) is 0 Å². The quantitative estimate of drug-likeness (QED) is 0.829. The van der Waals surface area contributed by atoms with Crippen LogP contribution in [0.1, 0.15) is 41.6 Å². The minimum absolute atomic E-state index is 0.0529. The Labute approximate surface area is 125 Å². The number of carbonyl (C=O) groups is 1. The minimum Gasteiger partial charge on any atom is -0.378 e. The largest absolute Gasteiger partial charge is 0.378 e. The predicted octanol–water partition coefficient (Wildman–Crippen LogP) is 3.68. The summed E-state index contributed by atoms with van der Waals surface area (Å²) in [6.07, 6.45) is 4.75. The van der Waals surface area contributed by atoms with Crippen LogP contribution in [0.25, 0.3) is 0 Å². The summed E-state index contributed by atoms with van der Waals surface area (Å²) in [6, 6.07) is 5.42. The molecule has 1 fully saturated rings. The molecule has 1 saturated heterocycles. The van der Waals surface area contributed by atoms with E-state index in [9.17, 15) is 4.79 Å². The molecule has 0 unspecified atom stereocenters. The van der Waals surface area contributed by atoms with Gasteiger partial charge in [-0.15, -0.1) is 0 Å². The third-order valence-corrected chi connectivity index (χ3v) is 4.22. The second kappa shape index (κ2) is 7.09. The molecule has 0 N–H and O–H groups in total. The zero-order valence-corrected chi connectivity index (χ0v) is 12.9. The Bertz CT molecular complexity index is 470. The van der Waals surface area contributed by atoms with Crippen LogP contribution in [-0.4, -0.2) is 37.1 Å². The maximum Gasteiger partial charge on any atom is 0.253 e. The summed E-state index contributed by atoms with van der Waals surface area (Å²) in [5.74, 6) is 0.0529. The fourth-order valence-electron chi connectivity index (χ4n) is 2.53. The molecular formula is C16H22ClNO2. The Kier molecular flexibility index (Phi) is 5.44. The first-order chi connectivity index (χ1) is 9.58. The molecule has 1 atom stereocenters. The van der Waals surface area contributed by atoms with E-state index in [1.165, 1.54) is 6.42 Å². The normalized spacial score (nSPS) is 18.2. The van der Waals surface area contributed by atoms with Crippen LogP contribution >= 0.6 is 11.6 Å². The van der Waals surface area contributed by atoms with Crippen molar-refractivity contribution in [2.45, 2.75) is 38.7 Å². The van der Waals surface area contributed by atoms with Gasteiger partial charge in [0.05, 0.1) is 6.10 Å². The molecule has 1 heterocycles. The SMILES string of the molecule is Cc1cc(C(=O)N(C)CCC[C@H]2CCCO2)ccc1Cl. The van der Waals surface area contributed by atoms with Gasteiger partial charge in [0.15, 0.2) is 0 Å². The van der Waals surface area contributed by atoms with Crippen LogP contribution in [0, 0.1) is 6.92 Å². The summed E-state index contributed by atoms with van der Waals surface area (Å²) in [6.45, 7) is 3.57. The van der Waals surface area contributed by atoms with Crippen molar-refractivity contribution in [1.29, 1.82) is 0 Å². The van der Waals surface area contributed by atoms with Crippen LogP contribution in [0.2, 0.25) is 5.02 Å². The molecule has 0 aromatic heterocycles. The number of hydrogen-bond acceptors (Lipinski definition) is 2. The van der Waals surface area contributed by atoms with E-state index < -0.39 is 0 Å². The highest BCUT2D eigenvalue weighted by atomic mass is 35.5. The van der Waals surface area contributed by atoms with Crippen LogP contribution in [0.3, 0.4) is 0 Å². The van der Waals surface area contributed by atoms with Crippen molar-refractivity contribution in [3.05, 3.63) is 34.3 Å². The van der Waals surface area contributed by atoms with Crippen molar-refractivity contribution in [3.63, 3.8) is 0 Å². The topological polar surface area (TPSA) is 29.5 Å². The lowest BCUT2D eigenvalue weighted by molar-refractivity contribution is 0.0763. The highest BCUT2D eigenvalue weighted by Crippen LogP contribution is 2.19. The van der Waals surface area contributed by atoms with Gasteiger partial charge in [-0.05, 0) is 56.4 Å². The number of ether oxygens (including phenoxy) is 1. The van der Waals surface area contributed by atoms with Gasteiger partial charge in [-0.1, -0.05) is 11.6 Å². The van der Waals surface area contributed by atoms with Gasteiger partial charge in [0.2, 0.25) is 0 Å². The van der Waals surface area contributed by atoms with E-state index in [0.29, 0.717) is 16.7 Å². The lowest BCUT2D eigenvalue weighted by atomic mass is 10.1. The lowest BCUT2D eigenvalue weighted by Crippen LogP contribution is -2.28. The Balaban J connectivity index is 1.82. The standard InChI is InChI=1S/C16H22ClNO2/c1-12-11-13(7-8-15(12)17)16(19)18(2)9-3-5-14-6-4-10-20-14/h7-8,11,14H,3-6,9-10H2,1-2H3/t14-/m0/s1. The summed E-state index contributed by atoms with van der Waals surface area (Å²) in [4.78, 5) is 14.1. The molecule has 1 aliphatic rings. The number of halogens is 1. The van der Waals surface area contributed by atoms with E-state index in [1.54, 1.807) is 17.0 Å². The molecule has 0 bridgehead atoms. The number of hydrogen-bond donors (Lipinski definition) is 0. The molecule has 1 aliphatic heterocycles. The molecule has 0 aliphatic carbocycles. The van der Waals surface area contributed by atoms with E-state index in [1.807, 2.05) is 20.0 Å². The van der Waals surface area contributed by atoms with Crippen LogP contribution in [-0.2, 0) is 4.74 Å². The number of benzene rings is 1. The fraction of sp³-hybridized carbons (Fsp3) is 0.562. The maximum absolute atomic E-state index is 12.3. The first kappa shape index (κ1) is 15.3. The third-order valence-electron chi connectivity index (χ3n) is 3.80. The Morgan fingerprint density at radius 3 is 2.95 bits per heavy atom. The van der Waals surface area contributed by atoms with E-state index >= 15 is 0 Å². The number of amides is 1. The Morgan fingerprint density at radius 2 is 2.30 bits per heavy atom. The molecule has 4 heteroatoms. The number of nitrogens with zero attached hydrogens (tertiary/aromatic N) is 1. The van der Waals surface area contributed by atoms with Crippen molar-refractivity contribution in [2.75, 3.05) is 20.2 Å². The predicted molar refractivity (Wildman–Crippen MR) is 81.4 cm³/mol. The number of rotatable bonds is 5. The molecule has 20 heavy (non-hydrogen) atoms. The van der Waals surface area contributed by atoms with Crippen molar-refractivity contribution in [2.24, 2.45) is 0 Å². The summed E-state index contributed by atoms with van der Waals surface area (Å²) in [5.41, 5.74) is 1.64. The molecule has 3 nitrogen and oxygen atoms in total. The summed E-state index contributed by atoms with van der Waals surface area (Å²) in [7, 11) is 1.85. The Morgan fingerprint density at radius 1 is 1.50 bits per heavy atom. The number of carbonyl (C=O) groups excluding carboxylic acids is 1. The fourth-order valence-corrected chi connectivity index (χ4v) is 2.65. The van der Waals surface area contributed by atoms with Crippen LogP contribution < -0.4 is 0 Å². The molecule has 2 rings (SSSR count). The van der Waals surface area contributed by atoms with Gasteiger partial charge in [0, 0.05) is 30.8 Å². The zero-order valence-electron chi connectivity index (χ0n) is 12.2. The highest BCUT2D eigenvalue weighted by Gasteiger charge is 2.16. The molecule has 0 radical (unpaired) electrons. The average molecular weight is 296 g/mol. The van der Waals surface area contributed by atoms with Crippen molar-refractivity contribution in [1.82, 2.24) is 4.90 Å². The van der Waals surface area contributed by atoms with Crippen molar-refractivity contribution < 1.29 is 9.53 Å². The Hall–Kier alpha value is -1.06. The van der Waals surface area contributed by atoms with E-state index in [0.717, 1.165) is 38.0 Å². The highest BCUT2D eigenvalue weighted by molar-refractivity contribution is 6.31. The van der Waals surface area contributed by atoms with E-state index in [2.05, 4.69) is 0 Å². The molecule has 1 amide bonds. The van der Waals surface area contributed by atoms with Crippen LogP contribution in [0.15, 0.2) is 18.2 Å². The summed E-state index contributed by atoms with van der Waals surface area (Å²) in [5, 5.41) is 0.697. The van der Waals surface area contributed by atoms with Gasteiger partial charge < -0.3 is 9.64 Å². The van der Waals surface area contributed by atoms with Crippen molar-refractivity contribution >= 4 is 17.5 Å². The first-order valence-electron chi connectivity index (χ1n) is 7.21. The lowest BCUT2D eigenvalue weighted by Gasteiger charge is -2.18. The van der Waals surface area contributed by atoms with Gasteiger partial charge in [0.1, 0.15) is 0 Å².